The highest BCUT2D eigenvalue weighted by Gasteiger charge is 2.31. The molecule has 0 radical (unpaired) electrons. The van der Waals surface area contributed by atoms with Crippen molar-refractivity contribution < 1.29 is 13.2 Å². The zero-order chi connectivity index (χ0) is 20.6. The highest BCUT2D eigenvalue weighted by molar-refractivity contribution is 7.91. The maximum atomic E-state index is 12.4. The number of amides is 1. The second-order valence-corrected chi connectivity index (χ2v) is 9.53. The second-order valence-electron chi connectivity index (χ2n) is 7.31. The Labute approximate surface area is 167 Å². The number of nitrogens with zero attached hydrogens (tertiary/aromatic N) is 4. The van der Waals surface area contributed by atoms with Crippen molar-refractivity contribution in [3.8, 4) is 0 Å². The molecule has 4 rings (SSSR count). The van der Waals surface area contributed by atoms with Crippen LogP contribution in [0.15, 0.2) is 41.5 Å². The molecule has 1 fully saturated rings. The first-order valence-electron chi connectivity index (χ1n) is 9.28. The molecule has 0 aliphatic carbocycles. The van der Waals surface area contributed by atoms with Gasteiger partial charge in [-0.3, -0.25) is 14.0 Å². The van der Waals surface area contributed by atoms with E-state index in [-0.39, 0.29) is 30.0 Å². The number of carbonyl (C=O) groups is 1. The van der Waals surface area contributed by atoms with Gasteiger partial charge in [-0.2, -0.15) is 10.1 Å². The molecule has 29 heavy (non-hydrogen) atoms. The van der Waals surface area contributed by atoms with E-state index in [9.17, 15) is 18.0 Å². The Balaban J connectivity index is 1.54. The van der Waals surface area contributed by atoms with Gasteiger partial charge in [-0.25, -0.2) is 13.2 Å². The van der Waals surface area contributed by atoms with E-state index in [4.69, 9.17) is 0 Å². The molecule has 1 atom stereocenters. The monoisotopic (exact) mass is 415 g/mol. The van der Waals surface area contributed by atoms with E-state index < -0.39 is 15.5 Å². The van der Waals surface area contributed by atoms with E-state index >= 15 is 0 Å². The van der Waals surface area contributed by atoms with E-state index in [1.807, 2.05) is 31.2 Å². The van der Waals surface area contributed by atoms with Gasteiger partial charge in [0.15, 0.2) is 9.84 Å². The third-order valence-electron chi connectivity index (χ3n) is 5.10. The number of hydrogen-bond acceptors (Lipinski definition) is 6. The van der Waals surface area contributed by atoms with Crippen molar-refractivity contribution in [1.29, 1.82) is 0 Å². The van der Waals surface area contributed by atoms with Gasteiger partial charge in [0.05, 0.1) is 35.5 Å². The molecular weight excluding hydrogens is 394 g/mol. The number of aryl methyl sites for hydroxylation is 1. The molecule has 0 unspecified atom stereocenters. The minimum atomic E-state index is -3.08. The van der Waals surface area contributed by atoms with Crippen LogP contribution in [-0.2, 0) is 27.7 Å². The van der Waals surface area contributed by atoms with Gasteiger partial charge < -0.3 is 5.32 Å². The van der Waals surface area contributed by atoms with Crippen LogP contribution in [0.25, 0.3) is 11.0 Å². The molecule has 3 heterocycles. The van der Waals surface area contributed by atoms with Gasteiger partial charge in [0.1, 0.15) is 12.1 Å². The average Bonchev–Trinajstić information content (AvgIpc) is 3.26. The Hall–Kier alpha value is -3.01. The minimum absolute atomic E-state index is 0.0138. The van der Waals surface area contributed by atoms with Crippen molar-refractivity contribution in [3.05, 3.63) is 58.3 Å². The van der Waals surface area contributed by atoms with Crippen LogP contribution in [0.5, 0.6) is 0 Å². The Bertz CT molecular complexity index is 1230. The molecule has 2 aromatic heterocycles. The molecule has 1 amide bonds. The molecule has 10 heteroatoms. The van der Waals surface area contributed by atoms with Crippen molar-refractivity contribution in [2.45, 2.75) is 32.5 Å². The van der Waals surface area contributed by atoms with Crippen LogP contribution >= 0.6 is 0 Å². The van der Waals surface area contributed by atoms with E-state index in [2.05, 4.69) is 15.4 Å². The van der Waals surface area contributed by atoms with Crippen LogP contribution in [0, 0.1) is 6.92 Å². The number of sulfone groups is 1. The summed E-state index contributed by atoms with van der Waals surface area (Å²) in [6.45, 7) is 2.16. The van der Waals surface area contributed by atoms with Gasteiger partial charge in [0, 0.05) is 6.54 Å². The van der Waals surface area contributed by atoms with E-state index in [1.165, 1.54) is 17.0 Å². The number of nitrogens with one attached hydrogen (secondary N) is 1. The molecule has 1 aromatic carbocycles. The number of benzene rings is 1. The molecule has 152 valence electrons. The quantitative estimate of drug-likeness (QED) is 0.652. The molecule has 0 bridgehead atoms. The summed E-state index contributed by atoms with van der Waals surface area (Å²) in [7, 11) is -3.08. The largest absolute Gasteiger partial charge is 0.350 e. The summed E-state index contributed by atoms with van der Waals surface area (Å²) >= 11 is 0. The number of carbonyl (C=O) groups excluding carboxylic acids is 1. The third kappa shape index (κ3) is 4.07. The topological polar surface area (TPSA) is 116 Å². The molecule has 0 spiro atoms. The Morgan fingerprint density at radius 3 is 2.66 bits per heavy atom. The first kappa shape index (κ1) is 19.3. The van der Waals surface area contributed by atoms with Gasteiger partial charge in [0.25, 0.3) is 0 Å². The zero-order valence-corrected chi connectivity index (χ0v) is 16.7. The van der Waals surface area contributed by atoms with Gasteiger partial charge >= 0.3 is 5.69 Å². The van der Waals surface area contributed by atoms with Crippen LogP contribution in [0.2, 0.25) is 0 Å². The predicted octanol–water partition coefficient (Wildman–Crippen LogP) is 0.577. The molecule has 3 aromatic rings. The highest BCUT2D eigenvalue weighted by Crippen LogP contribution is 2.26. The lowest BCUT2D eigenvalue weighted by Crippen LogP contribution is -2.33. The van der Waals surface area contributed by atoms with Crippen LogP contribution < -0.4 is 11.0 Å². The van der Waals surface area contributed by atoms with Crippen LogP contribution in [-0.4, -0.2) is 45.2 Å². The summed E-state index contributed by atoms with van der Waals surface area (Å²) in [5.74, 6) is -0.189. The summed E-state index contributed by atoms with van der Waals surface area (Å²) < 4.78 is 26.4. The third-order valence-corrected chi connectivity index (χ3v) is 6.85. The maximum Gasteiger partial charge on any atom is 0.348 e. The molecular formula is C19H21N5O4S. The first-order chi connectivity index (χ1) is 13.8. The smallest absolute Gasteiger partial charge is 0.348 e. The lowest BCUT2D eigenvalue weighted by Gasteiger charge is -2.11. The second kappa shape index (κ2) is 7.43. The molecule has 1 N–H and O–H groups in total. The molecule has 9 nitrogen and oxygen atoms in total. The van der Waals surface area contributed by atoms with Gasteiger partial charge in [0.2, 0.25) is 5.91 Å². The fraction of sp³-hybridized carbons (Fsp3) is 0.368. The normalized spacial score (nSPS) is 18.2. The summed E-state index contributed by atoms with van der Waals surface area (Å²) in [5.41, 5.74) is 2.54. The van der Waals surface area contributed by atoms with Gasteiger partial charge in [-0.15, -0.1) is 0 Å². The number of aromatic nitrogens is 4. The molecule has 1 aliphatic rings. The Morgan fingerprint density at radius 1 is 1.21 bits per heavy atom. The maximum absolute atomic E-state index is 12.4. The van der Waals surface area contributed by atoms with Crippen molar-refractivity contribution in [1.82, 2.24) is 24.6 Å². The molecule has 1 aliphatic heterocycles. The van der Waals surface area contributed by atoms with E-state index in [1.54, 1.807) is 4.68 Å². The lowest BCUT2D eigenvalue weighted by atomic mass is 10.1. The predicted molar refractivity (Wildman–Crippen MR) is 107 cm³/mol. The van der Waals surface area contributed by atoms with Crippen molar-refractivity contribution in [2.24, 2.45) is 0 Å². The summed E-state index contributed by atoms with van der Waals surface area (Å²) in [5, 5.41) is 7.07. The van der Waals surface area contributed by atoms with Gasteiger partial charge in [-0.05, 0) is 18.9 Å². The van der Waals surface area contributed by atoms with Crippen LogP contribution in [0.4, 0.5) is 0 Å². The number of fused-ring (bicyclic) bond motifs is 1. The lowest BCUT2D eigenvalue weighted by molar-refractivity contribution is -0.121. The van der Waals surface area contributed by atoms with Crippen molar-refractivity contribution >= 4 is 26.8 Å². The Morgan fingerprint density at radius 2 is 1.97 bits per heavy atom. The van der Waals surface area contributed by atoms with Gasteiger partial charge in [-0.1, -0.05) is 29.8 Å². The Kier molecular flexibility index (Phi) is 4.95. The van der Waals surface area contributed by atoms with Crippen molar-refractivity contribution in [2.75, 3.05) is 11.5 Å². The average molecular weight is 415 g/mol. The fourth-order valence-electron chi connectivity index (χ4n) is 3.50. The van der Waals surface area contributed by atoms with Crippen LogP contribution in [0.1, 0.15) is 23.6 Å². The number of rotatable bonds is 5. The molecule has 0 saturated carbocycles. The summed E-state index contributed by atoms with van der Waals surface area (Å²) in [6.07, 6.45) is 3.34. The summed E-state index contributed by atoms with van der Waals surface area (Å²) in [6, 6.07) is 7.51. The standard InChI is InChI=1S/C19H21N5O4S/c1-13-2-4-14(5-3-13)8-20-18(25)11-23-16-10-22-24(17(16)9-21-19(23)26)15-6-7-29(27,28)12-15/h2-5,9-10,15H,6-8,11-12H2,1H3,(H,20,25)/t15-/m0/s1. The van der Waals surface area contributed by atoms with E-state index in [0.29, 0.717) is 24.0 Å². The fourth-order valence-corrected chi connectivity index (χ4v) is 5.20. The minimum Gasteiger partial charge on any atom is -0.350 e. The highest BCUT2D eigenvalue weighted by atomic mass is 32.2. The summed E-state index contributed by atoms with van der Waals surface area (Å²) in [4.78, 5) is 28.5. The number of hydrogen-bond donors (Lipinski definition) is 1. The zero-order valence-electron chi connectivity index (χ0n) is 15.9. The SMILES string of the molecule is Cc1ccc(CNC(=O)Cn2c(=O)ncc3c2cnn3[C@H]2CCS(=O)(=O)C2)cc1. The molecule has 1 saturated heterocycles. The van der Waals surface area contributed by atoms with Crippen LogP contribution in [0.3, 0.4) is 0 Å². The van der Waals surface area contributed by atoms with E-state index in [0.717, 1.165) is 11.1 Å². The van der Waals surface area contributed by atoms with Crippen molar-refractivity contribution in [3.63, 3.8) is 0 Å². The first-order valence-corrected chi connectivity index (χ1v) is 11.1.